The van der Waals surface area contributed by atoms with Crippen LogP contribution in [-0.2, 0) is 0 Å². The topological polar surface area (TPSA) is 6.48 Å². The second kappa shape index (κ2) is 6.22. The summed E-state index contributed by atoms with van der Waals surface area (Å²) in [4.78, 5) is 3.84. The fraction of sp³-hybridized carbons (Fsp3) is 1.00. The first-order chi connectivity index (χ1) is 8.92. The molecule has 1 heterocycles. The fourth-order valence-electron chi connectivity index (χ4n) is 3.32. The highest BCUT2D eigenvalue weighted by Gasteiger charge is 2.36. The lowest BCUT2D eigenvalue weighted by atomic mass is 9.87. The van der Waals surface area contributed by atoms with E-state index < -0.39 is 12.7 Å². The number of hydrogen-bond donors (Lipinski definition) is 1. The van der Waals surface area contributed by atoms with Gasteiger partial charge in [0.1, 0.15) is 0 Å². The Kier molecular flexibility index (Phi) is 5.06. The third kappa shape index (κ3) is 4.53. The van der Waals surface area contributed by atoms with Crippen LogP contribution in [0.3, 0.4) is 0 Å². The van der Waals surface area contributed by atoms with Crippen molar-refractivity contribution in [1.82, 2.24) is 9.80 Å². The molecule has 2 rings (SSSR count). The quantitative estimate of drug-likeness (QED) is 0.797. The van der Waals surface area contributed by atoms with Gasteiger partial charge in [0.05, 0.1) is 6.54 Å². The third-order valence-corrected chi connectivity index (χ3v) is 5.10. The summed E-state index contributed by atoms with van der Waals surface area (Å²) < 4.78 is 36.9. The van der Waals surface area contributed by atoms with Gasteiger partial charge in [-0.3, -0.25) is 4.90 Å². The van der Waals surface area contributed by atoms with Crippen LogP contribution in [0.4, 0.5) is 13.2 Å². The van der Waals surface area contributed by atoms with E-state index in [1.807, 2.05) is 0 Å². The Morgan fingerprint density at radius 2 is 1.47 bits per heavy atom. The van der Waals surface area contributed by atoms with Crippen molar-refractivity contribution in [2.45, 2.75) is 31.9 Å². The molecule has 2 nitrogen and oxygen atoms in total. The first kappa shape index (κ1) is 15.4. The number of nitrogens with zero attached hydrogens (tertiary/aromatic N) is 2. The molecule has 0 aromatic rings. The van der Waals surface area contributed by atoms with Crippen LogP contribution >= 0.6 is 12.6 Å². The summed E-state index contributed by atoms with van der Waals surface area (Å²) in [5, 5.41) is 0. The van der Waals surface area contributed by atoms with Crippen LogP contribution < -0.4 is 0 Å². The standard InChI is InChI=1S/C13H23F3N2S/c14-13(15,16)10-18-7-5-17(6-8-18)9-12(11-19)3-1-2-4-12/h19H,1-11H2. The highest BCUT2D eigenvalue weighted by atomic mass is 32.1. The molecule has 112 valence electrons. The zero-order chi connectivity index (χ0) is 13.9. The van der Waals surface area contributed by atoms with Gasteiger partial charge in [0.2, 0.25) is 0 Å². The van der Waals surface area contributed by atoms with Crippen molar-refractivity contribution in [3.63, 3.8) is 0 Å². The minimum atomic E-state index is -4.07. The van der Waals surface area contributed by atoms with E-state index in [0.29, 0.717) is 18.5 Å². The van der Waals surface area contributed by atoms with Gasteiger partial charge in [-0.2, -0.15) is 25.8 Å². The maximum atomic E-state index is 12.3. The van der Waals surface area contributed by atoms with Gasteiger partial charge >= 0.3 is 6.18 Å². The van der Waals surface area contributed by atoms with Gasteiger partial charge in [-0.15, -0.1) is 0 Å². The predicted octanol–water partition coefficient (Wildman–Crippen LogP) is 2.66. The van der Waals surface area contributed by atoms with E-state index in [1.54, 1.807) is 0 Å². The summed E-state index contributed by atoms with van der Waals surface area (Å²) in [6.45, 7) is 2.82. The molecule has 0 atom stereocenters. The molecule has 19 heavy (non-hydrogen) atoms. The largest absolute Gasteiger partial charge is 0.401 e. The molecule has 0 bridgehead atoms. The summed E-state index contributed by atoms with van der Waals surface area (Å²) in [7, 11) is 0. The SMILES string of the molecule is FC(F)(F)CN1CCN(CC2(CS)CCCC2)CC1. The van der Waals surface area contributed by atoms with Crippen molar-refractivity contribution < 1.29 is 13.2 Å². The molecular weight excluding hydrogens is 273 g/mol. The Balaban J connectivity index is 1.77. The van der Waals surface area contributed by atoms with E-state index >= 15 is 0 Å². The Labute approximate surface area is 118 Å². The van der Waals surface area contributed by atoms with Gasteiger partial charge < -0.3 is 4.90 Å². The van der Waals surface area contributed by atoms with Crippen molar-refractivity contribution >= 4 is 12.6 Å². The van der Waals surface area contributed by atoms with Gasteiger partial charge in [0.25, 0.3) is 0 Å². The van der Waals surface area contributed by atoms with Crippen LogP contribution in [-0.4, -0.2) is 61.0 Å². The molecular formula is C13H23F3N2S. The number of rotatable bonds is 4. The fourth-order valence-corrected chi connectivity index (χ4v) is 3.74. The Morgan fingerprint density at radius 1 is 0.947 bits per heavy atom. The summed E-state index contributed by atoms with van der Waals surface area (Å²) in [6.07, 6.45) is 0.918. The molecule has 6 heteroatoms. The molecule has 1 saturated heterocycles. The van der Waals surface area contributed by atoms with E-state index in [4.69, 9.17) is 0 Å². The van der Waals surface area contributed by atoms with Crippen molar-refractivity contribution in [2.24, 2.45) is 5.41 Å². The molecule has 0 unspecified atom stereocenters. The molecule has 0 radical (unpaired) electrons. The van der Waals surface area contributed by atoms with E-state index in [0.717, 1.165) is 25.4 Å². The maximum absolute atomic E-state index is 12.3. The first-order valence-electron chi connectivity index (χ1n) is 7.05. The highest BCUT2D eigenvalue weighted by molar-refractivity contribution is 7.80. The zero-order valence-electron chi connectivity index (χ0n) is 11.3. The van der Waals surface area contributed by atoms with E-state index in [9.17, 15) is 13.2 Å². The Hall–Kier alpha value is 0.0600. The molecule has 1 aliphatic carbocycles. The number of piperazine rings is 1. The van der Waals surface area contributed by atoms with E-state index in [2.05, 4.69) is 17.5 Å². The number of thiol groups is 1. The van der Waals surface area contributed by atoms with Gasteiger partial charge in [0.15, 0.2) is 0 Å². The Morgan fingerprint density at radius 3 is 1.95 bits per heavy atom. The molecule has 0 aromatic carbocycles. The van der Waals surface area contributed by atoms with Crippen LogP contribution in [0.5, 0.6) is 0 Å². The minimum Gasteiger partial charge on any atom is -0.300 e. The molecule has 0 N–H and O–H groups in total. The lowest BCUT2D eigenvalue weighted by Crippen LogP contribution is -2.51. The van der Waals surface area contributed by atoms with Gasteiger partial charge in [-0.25, -0.2) is 0 Å². The summed E-state index contributed by atoms with van der Waals surface area (Å²) in [5.41, 5.74) is 0.315. The van der Waals surface area contributed by atoms with Crippen molar-refractivity contribution in [3.8, 4) is 0 Å². The van der Waals surface area contributed by atoms with Crippen LogP contribution in [0.2, 0.25) is 0 Å². The summed E-state index contributed by atoms with van der Waals surface area (Å²) >= 11 is 4.49. The van der Waals surface area contributed by atoms with Gasteiger partial charge in [0, 0.05) is 32.7 Å². The average Bonchev–Trinajstić information content (AvgIpc) is 2.79. The Bertz CT molecular complexity index is 282. The highest BCUT2D eigenvalue weighted by Crippen LogP contribution is 2.39. The normalized spacial score (nSPS) is 25.9. The van der Waals surface area contributed by atoms with E-state index in [-0.39, 0.29) is 0 Å². The number of halogens is 3. The second-order valence-corrected chi connectivity index (χ2v) is 6.35. The monoisotopic (exact) mass is 296 g/mol. The third-order valence-electron chi connectivity index (χ3n) is 4.43. The zero-order valence-corrected chi connectivity index (χ0v) is 12.1. The molecule has 1 aliphatic heterocycles. The molecule has 2 fully saturated rings. The predicted molar refractivity (Wildman–Crippen MR) is 73.7 cm³/mol. The van der Waals surface area contributed by atoms with Crippen LogP contribution in [0, 0.1) is 5.41 Å². The van der Waals surface area contributed by atoms with E-state index in [1.165, 1.54) is 30.6 Å². The molecule has 0 amide bonds. The smallest absolute Gasteiger partial charge is 0.300 e. The van der Waals surface area contributed by atoms with Crippen molar-refractivity contribution in [2.75, 3.05) is 45.0 Å². The molecule has 0 spiro atoms. The average molecular weight is 296 g/mol. The molecule has 0 aromatic heterocycles. The lowest BCUT2D eigenvalue weighted by Gasteiger charge is -2.40. The first-order valence-corrected chi connectivity index (χ1v) is 7.68. The minimum absolute atomic E-state index is 0.315. The van der Waals surface area contributed by atoms with Gasteiger partial charge in [-0.05, 0) is 24.0 Å². The van der Waals surface area contributed by atoms with Crippen molar-refractivity contribution in [3.05, 3.63) is 0 Å². The van der Waals surface area contributed by atoms with Gasteiger partial charge in [-0.1, -0.05) is 12.8 Å². The van der Waals surface area contributed by atoms with Crippen molar-refractivity contribution in [1.29, 1.82) is 0 Å². The van der Waals surface area contributed by atoms with Crippen LogP contribution in [0.25, 0.3) is 0 Å². The molecule has 2 aliphatic rings. The number of alkyl halides is 3. The summed E-state index contributed by atoms with van der Waals surface area (Å²) in [6, 6.07) is 0. The lowest BCUT2D eigenvalue weighted by molar-refractivity contribution is -0.149. The second-order valence-electron chi connectivity index (χ2n) is 6.03. The van der Waals surface area contributed by atoms with Crippen LogP contribution in [0.1, 0.15) is 25.7 Å². The van der Waals surface area contributed by atoms with Crippen LogP contribution in [0.15, 0.2) is 0 Å². The maximum Gasteiger partial charge on any atom is 0.401 e. The summed E-state index contributed by atoms with van der Waals surface area (Å²) in [5.74, 6) is 0.899. The molecule has 1 saturated carbocycles. The number of hydrogen-bond acceptors (Lipinski definition) is 3.